The molecule has 3 rings (SSSR count). The third kappa shape index (κ3) is 3.76. The van der Waals surface area contributed by atoms with Gasteiger partial charge in [-0.3, -0.25) is 4.79 Å². The van der Waals surface area contributed by atoms with Crippen molar-refractivity contribution in [2.75, 3.05) is 19.6 Å². The Hall–Kier alpha value is -0.650. The molecule has 1 unspecified atom stereocenters. The number of nitrogens with zero attached hydrogens (tertiary/aromatic N) is 2. The molecule has 0 saturated carbocycles. The van der Waals surface area contributed by atoms with Crippen molar-refractivity contribution in [1.82, 2.24) is 15.2 Å². The first-order chi connectivity index (χ1) is 9.75. The van der Waals surface area contributed by atoms with Crippen molar-refractivity contribution < 1.29 is 4.79 Å². The molecule has 116 valence electrons. The highest BCUT2D eigenvalue weighted by molar-refractivity contribution is 9.10. The zero-order valence-electron chi connectivity index (χ0n) is 11.9. The van der Waals surface area contributed by atoms with Crippen LogP contribution in [0.2, 0.25) is 0 Å². The lowest BCUT2D eigenvalue weighted by Crippen LogP contribution is -2.43. The molecule has 6 heteroatoms. The van der Waals surface area contributed by atoms with Crippen LogP contribution in [0.1, 0.15) is 36.2 Å². The van der Waals surface area contributed by atoms with Crippen molar-refractivity contribution in [1.29, 1.82) is 0 Å². The lowest BCUT2D eigenvalue weighted by molar-refractivity contribution is 0.0667. The van der Waals surface area contributed by atoms with Gasteiger partial charge in [0.2, 0.25) is 0 Å². The number of carbonyl (C=O) groups excluding carboxylic acids is 1. The first kappa shape index (κ1) is 16.7. The summed E-state index contributed by atoms with van der Waals surface area (Å²) in [6, 6.07) is 4.38. The Bertz CT molecular complexity index is 486. The molecular formula is C15H21BrClN3O. The number of aromatic nitrogens is 1. The van der Waals surface area contributed by atoms with E-state index in [1.54, 1.807) is 6.20 Å². The number of rotatable bonds is 2. The van der Waals surface area contributed by atoms with Crippen molar-refractivity contribution in [3.63, 3.8) is 0 Å². The van der Waals surface area contributed by atoms with Crippen LogP contribution in [-0.2, 0) is 0 Å². The molecule has 1 atom stereocenters. The van der Waals surface area contributed by atoms with E-state index in [1.165, 1.54) is 12.8 Å². The van der Waals surface area contributed by atoms with Crippen LogP contribution >= 0.6 is 28.3 Å². The molecule has 1 aromatic rings. The SMILES string of the molecule is Cl.O=C(c1ncccc1Br)N1CCC(C2CCCN2)CC1. The van der Waals surface area contributed by atoms with Gasteiger partial charge in [0.25, 0.3) is 5.91 Å². The van der Waals surface area contributed by atoms with Crippen molar-refractivity contribution >= 4 is 34.2 Å². The number of amides is 1. The summed E-state index contributed by atoms with van der Waals surface area (Å²) in [6.07, 6.45) is 6.48. The molecule has 3 heterocycles. The minimum atomic E-state index is 0. The number of halogens is 2. The van der Waals surface area contributed by atoms with E-state index < -0.39 is 0 Å². The van der Waals surface area contributed by atoms with Crippen LogP contribution in [0.3, 0.4) is 0 Å². The molecule has 1 amide bonds. The van der Waals surface area contributed by atoms with Crippen LogP contribution < -0.4 is 5.32 Å². The molecule has 0 spiro atoms. The van der Waals surface area contributed by atoms with E-state index >= 15 is 0 Å². The number of pyridine rings is 1. The average Bonchev–Trinajstić information content (AvgIpc) is 3.01. The van der Waals surface area contributed by atoms with Crippen molar-refractivity contribution in [2.24, 2.45) is 5.92 Å². The molecule has 4 nitrogen and oxygen atoms in total. The second-order valence-corrected chi connectivity index (χ2v) is 6.52. The van der Waals surface area contributed by atoms with Gasteiger partial charge in [0.15, 0.2) is 0 Å². The average molecular weight is 375 g/mol. The second kappa shape index (κ2) is 7.56. The molecular weight excluding hydrogens is 354 g/mol. The number of hydrogen-bond donors (Lipinski definition) is 1. The maximum atomic E-state index is 12.5. The van der Waals surface area contributed by atoms with E-state index in [0.29, 0.717) is 11.7 Å². The third-order valence-corrected chi connectivity index (χ3v) is 5.10. The second-order valence-electron chi connectivity index (χ2n) is 5.67. The van der Waals surface area contributed by atoms with Gasteiger partial charge >= 0.3 is 0 Å². The molecule has 2 saturated heterocycles. The minimum absolute atomic E-state index is 0. The number of piperidine rings is 1. The Morgan fingerprint density at radius 3 is 2.71 bits per heavy atom. The standard InChI is InChI=1S/C15H20BrN3O.ClH/c16-12-3-1-8-18-14(12)15(20)19-9-5-11(6-10-19)13-4-2-7-17-13;/h1,3,8,11,13,17H,2,4-7,9-10H2;1H. The lowest BCUT2D eigenvalue weighted by Gasteiger charge is -2.34. The monoisotopic (exact) mass is 373 g/mol. The van der Waals surface area contributed by atoms with Gasteiger partial charge in [-0.1, -0.05) is 0 Å². The topological polar surface area (TPSA) is 45.2 Å². The molecule has 0 bridgehead atoms. The molecule has 21 heavy (non-hydrogen) atoms. The summed E-state index contributed by atoms with van der Waals surface area (Å²) in [5, 5.41) is 3.59. The Morgan fingerprint density at radius 1 is 1.33 bits per heavy atom. The number of hydrogen-bond acceptors (Lipinski definition) is 3. The summed E-state index contributed by atoms with van der Waals surface area (Å²) >= 11 is 3.41. The van der Waals surface area contributed by atoms with Gasteiger partial charge in [0, 0.05) is 29.8 Å². The highest BCUT2D eigenvalue weighted by Crippen LogP contribution is 2.27. The fraction of sp³-hybridized carbons (Fsp3) is 0.600. The summed E-state index contributed by atoms with van der Waals surface area (Å²) in [5.74, 6) is 0.782. The number of carbonyl (C=O) groups is 1. The zero-order valence-corrected chi connectivity index (χ0v) is 14.3. The van der Waals surface area contributed by atoms with E-state index in [1.807, 2.05) is 17.0 Å². The third-order valence-electron chi connectivity index (χ3n) is 4.46. The Labute approximate surface area is 140 Å². The predicted octanol–water partition coefficient (Wildman–Crippen LogP) is 2.87. The largest absolute Gasteiger partial charge is 0.337 e. The van der Waals surface area contributed by atoms with Crippen molar-refractivity contribution in [3.8, 4) is 0 Å². The Balaban J connectivity index is 0.00000161. The maximum absolute atomic E-state index is 12.5. The molecule has 0 aliphatic carbocycles. The van der Waals surface area contributed by atoms with Gasteiger partial charge in [-0.2, -0.15) is 0 Å². The van der Waals surface area contributed by atoms with Crippen molar-refractivity contribution in [3.05, 3.63) is 28.5 Å². The summed E-state index contributed by atoms with van der Waals surface area (Å²) in [7, 11) is 0. The molecule has 1 N–H and O–H groups in total. The van der Waals surface area contributed by atoms with Gasteiger partial charge in [-0.25, -0.2) is 4.98 Å². The Kier molecular flexibility index (Phi) is 6.02. The van der Waals surface area contributed by atoms with Crippen LogP contribution in [0.15, 0.2) is 22.8 Å². The van der Waals surface area contributed by atoms with Crippen LogP contribution in [0.25, 0.3) is 0 Å². The Morgan fingerprint density at radius 2 is 2.10 bits per heavy atom. The summed E-state index contributed by atoms with van der Waals surface area (Å²) in [5.41, 5.74) is 0.532. The predicted molar refractivity (Wildman–Crippen MR) is 88.8 cm³/mol. The van der Waals surface area contributed by atoms with Gasteiger partial charge < -0.3 is 10.2 Å². The van der Waals surface area contributed by atoms with E-state index in [9.17, 15) is 4.79 Å². The summed E-state index contributed by atoms with van der Waals surface area (Å²) in [4.78, 5) is 18.6. The summed E-state index contributed by atoms with van der Waals surface area (Å²) in [6.45, 7) is 2.86. The van der Waals surface area contributed by atoms with Gasteiger partial charge in [0.1, 0.15) is 5.69 Å². The zero-order chi connectivity index (χ0) is 13.9. The molecule has 1 aromatic heterocycles. The first-order valence-electron chi connectivity index (χ1n) is 7.39. The number of nitrogens with one attached hydrogen (secondary N) is 1. The first-order valence-corrected chi connectivity index (χ1v) is 8.18. The highest BCUT2D eigenvalue weighted by Gasteiger charge is 2.30. The van der Waals surface area contributed by atoms with Gasteiger partial charge in [-0.05, 0) is 66.2 Å². The van der Waals surface area contributed by atoms with E-state index in [2.05, 4.69) is 26.2 Å². The molecule has 2 aliphatic heterocycles. The molecule has 2 fully saturated rings. The van der Waals surface area contributed by atoms with Gasteiger partial charge in [-0.15, -0.1) is 12.4 Å². The molecule has 2 aliphatic rings. The fourth-order valence-corrected chi connectivity index (χ4v) is 3.74. The fourth-order valence-electron chi connectivity index (χ4n) is 3.31. The van der Waals surface area contributed by atoms with E-state index in [4.69, 9.17) is 0 Å². The van der Waals surface area contributed by atoms with Gasteiger partial charge in [0.05, 0.1) is 0 Å². The van der Waals surface area contributed by atoms with Crippen LogP contribution in [-0.4, -0.2) is 41.5 Å². The van der Waals surface area contributed by atoms with Crippen LogP contribution in [0, 0.1) is 5.92 Å². The van der Waals surface area contributed by atoms with E-state index in [0.717, 1.165) is 42.9 Å². The smallest absolute Gasteiger partial charge is 0.273 e. The number of likely N-dealkylation sites (tertiary alicyclic amines) is 1. The highest BCUT2D eigenvalue weighted by atomic mass is 79.9. The molecule has 0 aromatic carbocycles. The molecule has 0 radical (unpaired) electrons. The van der Waals surface area contributed by atoms with Crippen LogP contribution in [0.5, 0.6) is 0 Å². The minimum Gasteiger partial charge on any atom is -0.337 e. The normalized spacial score (nSPS) is 22.9. The van der Waals surface area contributed by atoms with Crippen LogP contribution in [0.4, 0.5) is 0 Å². The maximum Gasteiger partial charge on any atom is 0.273 e. The van der Waals surface area contributed by atoms with E-state index in [-0.39, 0.29) is 18.3 Å². The summed E-state index contributed by atoms with van der Waals surface area (Å²) < 4.78 is 0.782. The lowest BCUT2D eigenvalue weighted by atomic mass is 9.88. The quantitative estimate of drug-likeness (QED) is 0.866. The van der Waals surface area contributed by atoms with Crippen molar-refractivity contribution in [2.45, 2.75) is 31.7 Å².